The lowest BCUT2D eigenvalue weighted by molar-refractivity contribution is -0.132. The molecule has 3 fully saturated rings. The van der Waals surface area contributed by atoms with Crippen LogP contribution in [0.1, 0.15) is 39.5 Å². The predicted octanol–water partition coefficient (Wildman–Crippen LogP) is 3.40. The van der Waals surface area contributed by atoms with Gasteiger partial charge in [-0.25, -0.2) is 9.18 Å². The number of ether oxygens (including phenoxy) is 1. The van der Waals surface area contributed by atoms with Gasteiger partial charge in [0.1, 0.15) is 5.82 Å². The number of anilines is 1. The van der Waals surface area contributed by atoms with Gasteiger partial charge in [-0.15, -0.1) is 0 Å². The van der Waals surface area contributed by atoms with Crippen LogP contribution in [-0.2, 0) is 4.74 Å². The molecule has 3 aliphatic heterocycles. The van der Waals surface area contributed by atoms with Crippen molar-refractivity contribution in [2.45, 2.75) is 57.2 Å². The number of hydrogen-bond donors (Lipinski definition) is 1. The minimum atomic E-state index is -0.407. The number of hydrogen-bond acceptors (Lipinski definition) is 4. The molecule has 1 aromatic rings. The van der Waals surface area contributed by atoms with Gasteiger partial charge in [-0.1, -0.05) is 12.1 Å². The van der Waals surface area contributed by atoms with Crippen molar-refractivity contribution in [1.29, 1.82) is 0 Å². The fraction of sp³-hybridized carbons (Fsp3) is 0.696. The highest BCUT2D eigenvalue weighted by Gasteiger charge is 2.43. The van der Waals surface area contributed by atoms with Crippen molar-refractivity contribution in [2.75, 3.05) is 51.2 Å². The van der Waals surface area contributed by atoms with Crippen molar-refractivity contribution in [3.8, 4) is 0 Å². The van der Waals surface area contributed by atoms with Gasteiger partial charge < -0.3 is 15.0 Å². The number of carbonyl (C=O) groups is 1. The quantitative estimate of drug-likeness (QED) is 0.817. The number of amides is 2. The van der Waals surface area contributed by atoms with Gasteiger partial charge >= 0.3 is 6.03 Å². The van der Waals surface area contributed by atoms with Crippen LogP contribution in [0, 0.1) is 5.82 Å². The Kier molecular flexibility index (Phi) is 6.60. The number of urea groups is 1. The molecule has 1 atom stereocenters. The van der Waals surface area contributed by atoms with E-state index in [1.54, 1.807) is 23.1 Å². The minimum Gasteiger partial charge on any atom is -0.375 e. The van der Waals surface area contributed by atoms with E-state index in [0.717, 1.165) is 58.5 Å². The Hall–Kier alpha value is -1.70. The number of likely N-dealkylation sites (tertiary alicyclic amines) is 1. The second-order valence-electron chi connectivity index (χ2n) is 9.24. The summed E-state index contributed by atoms with van der Waals surface area (Å²) < 4.78 is 20.1. The Morgan fingerprint density at radius 3 is 2.50 bits per heavy atom. The summed E-state index contributed by atoms with van der Waals surface area (Å²) in [4.78, 5) is 19.6. The zero-order valence-corrected chi connectivity index (χ0v) is 18.3. The maximum absolute atomic E-state index is 13.8. The first-order chi connectivity index (χ1) is 14.5. The highest BCUT2D eigenvalue weighted by atomic mass is 19.1. The van der Waals surface area contributed by atoms with Gasteiger partial charge in [0.25, 0.3) is 0 Å². The molecule has 30 heavy (non-hydrogen) atoms. The van der Waals surface area contributed by atoms with Crippen LogP contribution >= 0.6 is 0 Å². The third-order valence-electron chi connectivity index (χ3n) is 7.14. The Labute approximate surface area is 179 Å². The summed E-state index contributed by atoms with van der Waals surface area (Å²) >= 11 is 0. The molecule has 1 spiro atoms. The van der Waals surface area contributed by atoms with Crippen LogP contribution in [0.5, 0.6) is 0 Å². The van der Waals surface area contributed by atoms with E-state index in [0.29, 0.717) is 25.2 Å². The van der Waals surface area contributed by atoms with E-state index in [1.165, 1.54) is 6.07 Å². The van der Waals surface area contributed by atoms with Gasteiger partial charge in [0, 0.05) is 58.0 Å². The Balaban J connectivity index is 1.29. The molecule has 2 amide bonds. The number of para-hydroxylation sites is 1. The minimum absolute atomic E-state index is 0.118. The molecule has 0 bridgehead atoms. The molecule has 4 rings (SSSR count). The van der Waals surface area contributed by atoms with Crippen molar-refractivity contribution in [3.05, 3.63) is 30.1 Å². The van der Waals surface area contributed by atoms with Gasteiger partial charge in [-0.3, -0.25) is 9.80 Å². The Bertz CT molecular complexity index is 728. The second kappa shape index (κ2) is 9.20. The van der Waals surface area contributed by atoms with E-state index >= 15 is 0 Å². The molecule has 166 valence electrons. The number of nitrogens with one attached hydrogen (secondary N) is 1. The zero-order valence-electron chi connectivity index (χ0n) is 18.3. The monoisotopic (exact) mass is 418 g/mol. The zero-order chi connectivity index (χ0) is 21.1. The normalized spacial score (nSPS) is 25.6. The smallest absolute Gasteiger partial charge is 0.321 e. The number of rotatable bonds is 3. The van der Waals surface area contributed by atoms with Crippen LogP contribution in [0.3, 0.4) is 0 Å². The lowest BCUT2D eigenvalue weighted by atomic mass is 9.81. The molecule has 0 aliphatic carbocycles. The van der Waals surface area contributed by atoms with Crippen molar-refractivity contribution in [1.82, 2.24) is 14.7 Å². The van der Waals surface area contributed by atoms with E-state index in [1.807, 2.05) is 0 Å². The standard InChI is InChI=1S/C23H35FN4O2/c1-18(2)26-12-14-27(15-13-26)19-7-16-30-23(17-19)8-10-28(11-9-23)22(29)25-21-6-4-3-5-20(21)24/h3-6,18-19H,7-17H2,1-2H3,(H,25,29). The highest BCUT2D eigenvalue weighted by molar-refractivity contribution is 5.89. The molecule has 6 nitrogen and oxygen atoms in total. The topological polar surface area (TPSA) is 48.1 Å². The molecule has 0 aromatic heterocycles. The van der Waals surface area contributed by atoms with Crippen molar-refractivity contribution in [3.63, 3.8) is 0 Å². The van der Waals surface area contributed by atoms with Gasteiger partial charge in [-0.05, 0) is 51.7 Å². The second-order valence-corrected chi connectivity index (χ2v) is 9.24. The van der Waals surface area contributed by atoms with Crippen LogP contribution in [0.2, 0.25) is 0 Å². The SMILES string of the molecule is CC(C)N1CCN(C2CCOC3(CCN(C(=O)Nc4ccccc4F)CC3)C2)CC1. The fourth-order valence-electron chi connectivity index (χ4n) is 5.16. The maximum atomic E-state index is 13.8. The van der Waals surface area contributed by atoms with Crippen LogP contribution in [-0.4, -0.2) is 84.3 Å². The summed E-state index contributed by atoms with van der Waals surface area (Å²) in [5.74, 6) is -0.407. The van der Waals surface area contributed by atoms with Gasteiger partial charge in [0.05, 0.1) is 11.3 Å². The highest BCUT2D eigenvalue weighted by Crippen LogP contribution is 2.37. The van der Waals surface area contributed by atoms with Gasteiger partial charge in [0.15, 0.2) is 0 Å². The molecule has 3 saturated heterocycles. The number of halogens is 1. The van der Waals surface area contributed by atoms with Gasteiger partial charge in [0.2, 0.25) is 0 Å². The lowest BCUT2D eigenvalue weighted by Crippen LogP contribution is -2.58. The predicted molar refractivity (Wildman–Crippen MR) is 116 cm³/mol. The molecule has 0 radical (unpaired) electrons. The lowest BCUT2D eigenvalue weighted by Gasteiger charge is -2.50. The number of piperazine rings is 1. The van der Waals surface area contributed by atoms with Crippen LogP contribution in [0.25, 0.3) is 0 Å². The van der Waals surface area contributed by atoms with Crippen LogP contribution < -0.4 is 5.32 Å². The number of benzene rings is 1. The van der Waals surface area contributed by atoms with Crippen molar-refractivity contribution in [2.24, 2.45) is 0 Å². The number of carbonyl (C=O) groups excluding carboxylic acids is 1. The van der Waals surface area contributed by atoms with Gasteiger partial charge in [-0.2, -0.15) is 0 Å². The fourth-order valence-corrected chi connectivity index (χ4v) is 5.16. The number of nitrogens with zero attached hydrogens (tertiary/aromatic N) is 3. The molecule has 7 heteroatoms. The average molecular weight is 419 g/mol. The first kappa shape index (κ1) is 21.5. The van der Waals surface area contributed by atoms with Crippen LogP contribution in [0.4, 0.5) is 14.9 Å². The molecular formula is C23H35FN4O2. The molecule has 0 saturated carbocycles. The van der Waals surface area contributed by atoms with E-state index in [-0.39, 0.29) is 17.3 Å². The summed E-state index contributed by atoms with van der Waals surface area (Å²) in [6.45, 7) is 11.2. The molecule has 1 unspecified atom stereocenters. The third-order valence-corrected chi connectivity index (χ3v) is 7.14. The first-order valence-electron chi connectivity index (χ1n) is 11.4. The summed E-state index contributed by atoms with van der Waals surface area (Å²) in [6, 6.07) is 7.26. The average Bonchev–Trinajstić information content (AvgIpc) is 2.76. The van der Waals surface area contributed by atoms with Crippen LogP contribution in [0.15, 0.2) is 24.3 Å². The van der Waals surface area contributed by atoms with Crippen molar-refractivity contribution < 1.29 is 13.9 Å². The Morgan fingerprint density at radius 2 is 1.83 bits per heavy atom. The summed E-state index contributed by atoms with van der Waals surface area (Å²) in [5, 5.41) is 2.70. The largest absolute Gasteiger partial charge is 0.375 e. The van der Waals surface area contributed by atoms with E-state index in [9.17, 15) is 9.18 Å². The molecule has 1 N–H and O–H groups in total. The van der Waals surface area contributed by atoms with E-state index in [2.05, 4.69) is 29.0 Å². The number of piperidine rings is 1. The van der Waals surface area contributed by atoms with E-state index < -0.39 is 5.82 Å². The first-order valence-corrected chi connectivity index (χ1v) is 11.4. The summed E-state index contributed by atoms with van der Waals surface area (Å²) in [5.41, 5.74) is 0.115. The molecular weight excluding hydrogens is 383 g/mol. The Morgan fingerprint density at radius 1 is 1.13 bits per heavy atom. The third kappa shape index (κ3) is 4.79. The van der Waals surface area contributed by atoms with Crippen molar-refractivity contribution >= 4 is 11.7 Å². The molecule has 1 aromatic carbocycles. The molecule has 3 heterocycles. The van der Waals surface area contributed by atoms with E-state index in [4.69, 9.17) is 4.74 Å². The summed E-state index contributed by atoms with van der Waals surface area (Å²) in [6.07, 6.45) is 3.85. The maximum Gasteiger partial charge on any atom is 0.321 e. The molecule has 3 aliphatic rings. The summed E-state index contributed by atoms with van der Waals surface area (Å²) in [7, 11) is 0.